The van der Waals surface area contributed by atoms with Gasteiger partial charge in [-0.3, -0.25) is 9.69 Å². The standard InChI is InChI=1S/C21H27N5O/c1-24-8-7-15(13-19(24)27)14-25-9-11-26(12-10-25)21-17-3-2-4-18(17)22-20(23-21)16-5-6-16/h7-8,13,16H,2-6,9-12,14H2,1H3. The molecular formula is C21H27N5O. The Kier molecular flexibility index (Phi) is 4.23. The van der Waals surface area contributed by atoms with Crippen molar-refractivity contribution in [1.82, 2.24) is 19.4 Å². The van der Waals surface area contributed by atoms with Crippen LogP contribution in [0, 0.1) is 0 Å². The van der Waals surface area contributed by atoms with Crippen LogP contribution in [0.2, 0.25) is 0 Å². The number of rotatable bonds is 4. The molecule has 0 atom stereocenters. The number of fused-ring (bicyclic) bond motifs is 1. The number of aromatic nitrogens is 3. The van der Waals surface area contributed by atoms with Crippen LogP contribution in [0.3, 0.4) is 0 Å². The van der Waals surface area contributed by atoms with Crippen molar-refractivity contribution in [2.45, 2.75) is 44.6 Å². The highest BCUT2D eigenvalue weighted by Crippen LogP contribution is 2.40. The molecule has 6 heteroatoms. The number of anilines is 1. The fourth-order valence-electron chi connectivity index (χ4n) is 4.28. The number of aryl methyl sites for hydroxylation is 2. The Morgan fingerprint density at radius 1 is 1.11 bits per heavy atom. The highest BCUT2D eigenvalue weighted by molar-refractivity contribution is 5.52. The van der Waals surface area contributed by atoms with Crippen molar-refractivity contribution < 1.29 is 0 Å². The Hall–Kier alpha value is -2.21. The largest absolute Gasteiger partial charge is 0.354 e. The van der Waals surface area contributed by atoms with Gasteiger partial charge in [0.15, 0.2) is 0 Å². The van der Waals surface area contributed by atoms with Crippen LogP contribution >= 0.6 is 0 Å². The molecule has 2 fully saturated rings. The summed E-state index contributed by atoms with van der Waals surface area (Å²) in [5.74, 6) is 2.91. The Morgan fingerprint density at radius 3 is 2.67 bits per heavy atom. The summed E-state index contributed by atoms with van der Waals surface area (Å²) in [6.07, 6.45) is 7.83. The summed E-state index contributed by atoms with van der Waals surface area (Å²) in [5.41, 5.74) is 3.88. The van der Waals surface area contributed by atoms with Gasteiger partial charge in [0.2, 0.25) is 0 Å². The molecule has 0 aromatic carbocycles. The monoisotopic (exact) mass is 365 g/mol. The van der Waals surface area contributed by atoms with Gasteiger partial charge in [-0.25, -0.2) is 9.97 Å². The molecule has 5 rings (SSSR count). The van der Waals surface area contributed by atoms with E-state index in [2.05, 4.69) is 9.80 Å². The number of piperazine rings is 1. The van der Waals surface area contributed by atoms with E-state index in [1.807, 2.05) is 12.3 Å². The van der Waals surface area contributed by atoms with E-state index >= 15 is 0 Å². The molecule has 0 bridgehead atoms. The summed E-state index contributed by atoms with van der Waals surface area (Å²) in [5, 5.41) is 0. The Morgan fingerprint density at radius 2 is 1.93 bits per heavy atom. The van der Waals surface area contributed by atoms with E-state index in [-0.39, 0.29) is 5.56 Å². The van der Waals surface area contributed by atoms with E-state index in [1.165, 1.54) is 36.3 Å². The molecule has 2 aromatic rings. The zero-order valence-electron chi connectivity index (χ0n) is 16.0. The molecule has 0 spiro atoms. The second kappa shape index (κ2) is 6.75. The molecule has 3 heterocycles. The topological polar surface area (TPSA) is 54.3 Å². The maximum absolute atomic E-state index is 11.8. The number of pyridine rings is 1. The Bertz CT molecular complexity index is 909. The van der Waals surface area contributed by atoms with Gasteiger partial charge in [0.1, 0.15) is 11.6 Å². The molecule has 0 amide bonds. The quantitative estimate of drug-likeness (QED) is 0.828. The van der Waals surface area contributed by atoms with Crippen LogP contribution in [0.5, 0.6) is 0 Å². The van der Waals surface area contributed by atoms with E-state index in [0.717, 1.165) is 57.0 Å². The maximum Gasteiger partial charge on any atom is 0.250 e. The average Bonchev–Trinajstić information content (AvgIpc) is 3.42. The molecule has 0 radical (unpaired) electrons. The summed E-state index contributed by atoms with van der Waals surface area (Å²) >= 11 is 0. The minimum absolute atomic E-state index is 0.0651. The zero-order valence-corrected chi connectivity index (χ0v) is 16.0. The first-order valence-corrected chi connectivity index (χ1v) is 10.2. The SMILES string of the molecule is Cn1ccc(CN2CCN(c3nc(C4CC4)nc4c3CCC4)CC2)cc1=O. The molecule has 3 aliphatic rings. The molecule has 0 N–H and O–H groups in total. The fraction of sp³-hybridized carbons (Fsp3) is 0.571. The number of hydrogen-bond acceptors (Lipinski definition) is 5. The third kappa shape index (κ3) is 3.38. The van der Waals surface area contributed by atoms with Gasteiger partial charge in [-0.15, -0.1) is 0 Å². The highest BCUT2D eigenvalue weighted by Gasteiger charge is 2.31. The van der Waals surface area contributed by atoms with E-state index < -0.39 is 0 Å². The van der Waals surface area contributed by atoms with Gasteiger partial charge < -0.3 is 9.47 Å². The molecule has 6 nitrogen and oxygen atoms in total. The van der Waals surface area contributed by atoms with Gasteiger partial charge in [0.25, 0.3) is 5.56 Å². The van der Waals surface area contributed by atoms with Crippen molar-refractivity contribution in [2.75, 3.05) is 31.1 Å². The predicted molar refractivity (Wildman–Crippen MR) is 105 cm³/mol. The Balaban J connectivity index is 1.29. The van der Waals surface area contributed by atoms with Crippen molar-refractivity contribution in [2.24, 2.45) is 7.05 Å². The fourth-order valence-corrected chi connectivity index (χ4v) is 4.28. The molecule has 142 valence electrons. The molecule has 1 aliphatic heterocycles. The lowest BCUT2D eigenvalue weighted by Gasteiger charge is -2.36. The third-order valence-corrected chi connectivity index (χ3v) is 6.12. The van der Waals surface area contributed by atoms with Crippen molar-refractivity contribution in [3.8, 4) is 0 Å². The first kappa shape index (κ1) is 16.9. The lowest BCUT2D eigenvalue weighted by Crippen LogP contribution is -2.46. The summed E-state index contributed by atoms with van der Waals surface area (Å²) in [7, 11) is 1.79. The van der Waals surface area contributed by atoms with Gasteiger partial charge in [0.05, 0.1) is 0 Å². The van der Waals surface area contributed by atoms with Gasteiger partial charge >= 0.3 is 0 Å². The summed E-state index contributed by atoms with van der Waals surface area (Å²) in [4.78, 5) is 26.6. The second-order valence-electron chi connectivity index (χ2n) is 8.21. The van der Waals surface area contributed by atoms with E-state index in [9.17, 15) is 4.79 Å². The molecule has 27 heavy (non-hydrogen) atoms. The van der Waals surface area contributed by atoms with Crippen molar-refractivity contribution in [3.63, 3.8) is 0 Å². The summed E-state index contributed by atoms with van der Waals surface area (Å²) in [6.45, 7) is 4.86. The number of hydrogen-bond donors (Lipinski definition) is 0. The number of nitrogens with zero attached hydrogens (tertiary/aromatic N) is 5. The van der Waals surface area contributed by atoms with Crippen molar-refractivity contribution in [3.05, 3.63) is 51.3 Å². The predicted octanol–water partition coefficient (Wildman–Crippen LogP) is 1.86. The summed E-state index contributed by atoms with van der Waals surface area (Å²) < 4.78 is 1.62. The smallest absolute Gasteiger partial charge is 0.250 e. The van der Waals surface area contributed by atoms with Gasteiger partial charge in [-0.2, -0.15) is 0 Å². The van der Waals surface area contributed by atoms with Crippen LogP contribution < -0.4 is 10.5 Å². The van der Waals surface area contributed by atoms with Crippen LogP contribution in [-0.2, 0) is 26.4 Å². The molecule has 1 saturated carbocycles. The molecular weight excluding hydrogens is 338 g/mol. The van der Waals surface area contributed by atoms with Gasteiger partial charge in [-0.1, -0.05) is 0 Å². The summed E-state index contributed by atoms with van der Waals surface area (Å²) in [6, 6.07) is 3.80. The highest BCUT2D eigenvalue weighted by atomic mass is 16.1. The minimum atomic E-state index is 0.0651. The first-order valence-electron chi connectivity index (χ1n) is 10.2. The average molecular weight is 365 g/mol. The Labute approximate surface area is 159 Å². The lowest BCUT2D eigenvalue weighted by molar-refractivity contribution is 0.249. The third-order valence-electron chi connectivity index (χ3n) is 6.12. The molecule has 2 aliphatic carbocycles. The lowest BCUT2D eigenvalue weighted by atomic mass is 10.2. The van der Waals surface area contributed by atoms with Crippen LogP contribution in [0.1, 0.15) is 47.8 Å². The van der Waals surface area contributed by atoms with Gasteiger partial charge in [0, 0.05) is 69.2 Å². The van der Waals surface area contributed by atoms with Crippen LogP contribution in [-0.4, -0.2) is 45.6 Å². The van der Waals surface area contributed by atoms with Crippen LogP contribution in [0.25, 0.3) is 0 Å². The first-order chi connectivity index (χ1) is 13.2. The van der Waals surface area contributed by atoms with Crippen molar-refractivity contribution in [1.29, 1.82) is 0 Å². The van der Waals surface area contributed by atoms with Crippen molar-refractivity contribution >= 4 is 5.82 Å². The normalized spacial score (nSPS) is 20.1. The van der Waals surface area contributed by atoms with Crippen LogP contribution in [0.15, 0.2) is 23.1 Å². The van der Waals surface area contributed by atoms with E-state index in [0.29, 0.717) is 5.92 Å². The van der Waals surface area contributed by atoms with E-state index in [4.69, 9.17) is 9.97 Å². The zero-order chi connectivity index (χ0) is 18.4. The van der Waals surface area contributed by atoms with E-state index in [1.54, 1.807) is 17.7 Å². The molecule has 2 aromatic heterocycles. The van der Waals surface area contributed by atoms with Gasteiger partial charge in [-0.05, 0) is 43.7 Å². The molecule has 1 saturated heterocycles. The second-order valence-corrected chi connectivity index (χ2v) is 8.21. The van der Waals surface area contributed by atoms with Crippen LogP contribution in [0.4, 0.5) is 5.82 Å². The molecule has 0 unspecified atom stereocenters. The maximum atomic E-state index is 11.8. The minimum Gasteiger partial charge on any atom is -0.354 e.